The van der Waals surface area contributed by atoms with Crippen LogP contribution in [0.4, 0.5) is 0 Å². The number of methoxy groups -OCH3 is 1. The summed E-state index contributed by atoms with van der Waals surface area (Å²) in [5.41, 5.74) is 7.69. The van der Waals surface area contributed by atoms with Crippen LogP contribution in [-0.4, -0.2) is 60.1 Å². The summed E-state index contributed by atoms with van der Waals surface area (Å²) in [7, 11) is 1.65. The molecule has 1 aliphatic heterocycles. The maximum atomic E-state index is 13.1. The van der Waals surface area contributed by atoms with Crippen LogP contribution in [0.1, 0.15) is 45.9 Å². The quantitative estimate of drug-likeness (QED) is 0.107. The lowest BCUT2D eigenvalue weighted by Crippen LogP contribution is -2.47. The first-order valence-electron chi connectivity index (χ1n) is 18.2. The summed E-state index contributed by atoms with van der Waals surface area (Å²) >= 11 is 0. The molecule has 0 saturated carbocycles. The first kappa shape index (κ1) is 37.2. The van der Waals surface area contributed by atoms with E-state index in [9.17, 15) is 4.79 Å². The van der Waals surface area contributed by atoms with Gasteiger partial charge in [-0.3, -0.25) is 9.69 Å². The number of amides is 1. The zero-order valence-electron chi connectivity index (χ0n) is 31.4. The standard InChI is InChI=1S/C45H49N3O5/c1-32-6-15-41(16-7-32)52-35(4)28-36-8-10-37(11-9-36)30-47-22-24-48(25-23-47)44(49)21-14-39-26-33(2)45(34(3)27-39)53-43-20-19-42(29-46-43)51-31-38-12-17-40(50-5)18-13-38/h6-21,26-27,29,35H,22-25,28,30-31H2,1-5H3/b21-14+. The molecule has 8 heteroatoms. The van der Waals surface area contributed by atoms with Crippen molar-refractivity contribution in [3.8, 4) is 28.9 Å². The molecule has 0 radical (unpaired) electrons. The second-order valence-corrected chi connectivity index (χ2v) is 13.8. The minimum atomic E-state index is 0.0325. The van der Waals surface area contributed by atoms with Gasteiger partial charge >= 0.3 is 0 Å². The molecule has 8 nitrogen and oxygen atoms in total. The first-order valence-corrected chi connectivity index (χ1v) is 18.2. The van der Waals surface area contributed by atoms with Crippen LogP contribution in [0.15, 0.2) is 109 Å². The van der Waals surface area contributed by atoms with Gasteiger partial charge in [-0.1, -0.05) is 54.1 Å². The highest BCUT2D eigenvalue weighted by molar-refractivity contribution is 5.92. The number of piperazine rings is 1. The van der Waals surface area contributed by atoms with Gasteiger partial charge in [-0.15, -0.1) is 0 Å². The highest BCUT2D eigenvalue weighted by Gasteiger charge is 2.20. The molecule has 6 rings (SSSR count). The van der Waals surface area contributed by atoms with Crippen molar-refractivity contribution in [2.75, 3.05) is 33.3 Å². The molecule has 0 bridgehead atoms. The second-order valence-electron chi connectivity index (χ2n) is 13.8. The maximum absolute atomic E-state index is 13.1. The predicted octanol–water partition coefficient (Wildman–Crippen LogP) is 8.75. The van der Waals surface area contributed by atoms with Gasteiger partial charge in [0.25, 0.3) is 0 Å². The summed E-state index contributed by atoms with van der Waals surface area (Å²) in [5.74, 6) is 3.64. The fraction of sp³-hybridized carbons (Fsp3) is 0.289. The lowest BCUT2D eigenvalue weighted by atomic mass is 10.0. The van der Waals surface area contributed by atoms with Crippen LogP contribution >= 0.6 is 0 Å². The minimum absolute atomic E-state index is 0.0325. The Kier molecular flexibility index (Phi) is 12.4. The number of rotatable bonds is 14. The molecule has 2 heterocycles. The molecular weight excluding hydrogens is 663 g/mol. The van der Waals surface area contributed by atoms with Crippen LogP contribution in [-0.2, 0) is 24.4 Å². The molecule has 1 amide bonds. The minimum Gasteiger partial charge on any atom is -0.497 e. The molecule has 274 valence electrons. The van der Waals surface area contributed by atoms with Crippen LogP contribution in [0.25, 0.3) is 6.08 Å². The van der Waals surface area contributed by atoms with Gasteiger partial charge in [0.2, 0.25) is 11.8 Å². The summed E-state index contributed by atoms with van der Waals surface area (Å²) in [6, 6.07) is 32.5. The Morgan fingerprint density at radius 1 is 0.774 bits per heavy atom. The van der Waals surface area contributed by atoms with Gasteiger partial charge in [0, 0.05) is 51.3 Å². The number of hydrogen-bond donors (Lipinski definition) is 0. The van der Waals surface area contributed by atoms with Gasteiger partial charge in [-0.05, 0) is 110 Å². The molecule has 4 aromatic carbocycles. The number of aromatic nitrogens is 1. The summed E-state index contributed by atoms with van der Waals surface area (Å²) in [5, 5.41) is 0. The Balaban J connectivity index is 0.936. The van der Waals surface area contributed by atoms with Crippen molar-refractivity contribution in [3.63, 3.8) is 0 Å². The fourth-order valence-electron chi connectivity index (χ4n) is 6.41. The van der Waals surface area contributed by atoms with Crippen LogP contribution in [0.3, 0.4) is 0 Å². The number of nitrogens with zero attached hydrogens (tertiary/aromatic N) is 3. The van der Waals surface area contributed by atoms with Crippen molar-refractivity contribution in [2.24, 2.45) is 0 Å². The van der Waals surface area contributed by atoms with E-state index in [4.69, 9.17) is 18.9 Å². The molecule has 0 spiro atoms. The average molecular weight is 712 g/mol. The van der Waals surface area contributed by atoms with E-state index >= 15 is 0 Å². The third kappa shape index (κ3) is 10.7. The lowest BCUT2D eigenvalue weighted by Gasteiger charge is -2.34. The lowest BCUT2D eigenvalue weighted by molar-refractivity contribution is -0.127. The number of pyridine rings is 1. The molecule has 1 atom stereocenters. The third-order valence-electron chi connectivity index (χ3n) is 9.38. The van der Waals surface area contributed by atoms with Gasteiger partial charge in [-0.25, -0.2) is 4.98 Å². The van der Waals surface area contributed by atoms with E-state index < -0.39 is 0 Å². The van der Waals surface area contributed by atoms with Crippen molar-refractivity contribution in [3.05, 3.63) is 148 Å². The second kappa shape index (κ2) is 17.8. The average Bonchev–Trinajstić information content (AvgIpc) is 3.17. The van der Waals surface area contributed by atoms with E-state index in [-0.39, 0.29) is 12.0 Å². The van der Waals surface area contributed by atoms with E-state index in [1.807, 2.05) is 79.4 Å². The van der Waals surface area contributed by atoms with Crippen molar-refractivity contribution in [1.29, 1.82) is 0 Å². The summed E-state index contributed by atoms with van der Waals surface area (Å²) in [6.07, 6.45) is 6.18. The number of carbonyl (C=O) groups excluding carboxylic acids is 1. The number of ether oxygens (including phenoxy) is 4. The molecule has 0 N–H and O–H groups in total. The molecule has 1 fully saturated rings. The van der Waals surface area contributed by atoms with Crippen LogP contribution in [0, 0.1) is 20.8 Å². The Bertz CT molecular complexity index is 1940. The van der Waals surface area contributed by atoms with E-state index in [1.165, 1.54) is 16.7 Å². The number of hydrogen-bond acceptors (Lipinski definition) is 7. The van der Waals surface area contributed by atoms with Crippen molar-refractivity contribution in [2.45, 2.75) is 53.4 Å². The molecule has 1 unspecified atom stereocenters. The van der Waals surface area contributed by atoms with Crippen molar-refractivity contribution in [1.82, 2.24) is 14.8 Å². The van der Waals surface area contributed by atoms with E-state index in [1.54, 1.807) is 25.4 Å². The van der Waals surface area contributed by atoms with Gasteiger partial charge < -0.3 is 23.8 Å². The zero-order valence-corrected chi connectivity index (χ0v) is 31.4. The van der Waals surface area contributed by atoms with E-state index in [0.717, 1.165) is 65.6 Å². The Morgan fingerprint density at radius 2 is 1.40 bits per heavy atom. The number of aryl methyl sites for hydroxylation is 3. The predicted molar refractivity (Wildman–Crippen MR) is 210 cm³/mol. The highest BCUT2D eigenvalue weighted by Crippen LogP contribution is 2.30. The topological polar surface area (TPSA) is 73.4 Å². The fourth-order valence-corrected chi connectivity index (χ4v) is 6.41. The monoisotopic (exact) mass is 711 g/mol. The molecule has 5 aromatic rings. The van der Waals surface area contributed by atoms with E-state index in [0.29, 0.717) is 31.3 Å². The summed E-state index contributed by atoms with van der Waals surface area (Å²) in [4.78, 5) is 21.9. The molecule has 0 aliphatic carbocycles. The smallest absolute Gasteiger partial charge is 0.246 e. The largest absolute Gasteiger partial charge is 0.497 e. The Labute approximate surface area is 313 Å². The third-order valence-corrected chi connectivity index (χ3v) is 9.38. The normalized spacial score (nSPS) is 13.9. The number of benzene rings is 4. The SMILES string of the molecule is COc1ccc(COc2ccc(Oc3c(C)cc(/C=C/C(=O)N4CCN(Cc5ccc(CC(C)Oc6ccc(C)cc6)cc5)CC4)cc3C)nc2)cc1. The van der Waals surface area contributed by atoms with Gasteiger partial charge in [-0.2, -0.15) is 0 Å². The van der Waals surface area contributed by atoms with Gasteiger partial charge in [0.1, 0.15) is 29.6 Å². The van der Waals surface area contributed by atoms with Gasteiger partial charge in [0.05, 0.1) is 19.4 Å². The molecule has 1 saturated heterocycles. The number of carbonyl (C=O) groups is 1. The van der Waals surface area contributed by atoms with E-state index in [2.05, 4.69) is 60.1 Å². The Hall–Kier alpha value is -5.60. The van der Waals surface area contributed by atoms with Gasteiger partial charge in [0.15, 0.2) is 0 Å². The molecule has 1 aromatic heterocycles. The molecule has 1 aliphatic rings. The summed E-state index contributed by atoms with van der Waals surface area (Å²) < 4.78 is 23.4. The van der Waals surface area contributed by atoms with Crippen LogP contribution in [0.2, 0.25) is 0 Å². The molecule has 53 heavy (non-hydrogen) atoms. The zero-order chi connectivity index (χ0) is 37.2. The first-order chi connectivity index (χ1) is 25.7. The Morgan fingerprint density at radius 3 is 2.04 bits per heavy atom. The van der Waals surface area contributed by atoms with Crippen LogP contribution < -0.4 is 18.9 Å². The van der Waals surface area contributed by atoms with Crippen molar-refractivity contribution >= 4 is 12.0 Å². The van der Waals surface area contributed by atoms with Crippen molar-refractivity contribution < 1.29 is 23.7 Å². The van der Waals surface area contributed by atoms with Crippen LogP contribution in [0.5, 0.6) is 28.9 Å². The maximum Gasteiger partial charge on any atom is 0.246 e. The highest BCUT2D eigenvalue weighted by atomic mass is 16.5. The summed E-state index contributed by atoms with van der Waals surface area (Å²) in [6.45, 7) is 12.6. The molecular formula is C45H49N3O5.